The molecule has 0 aliphatic heterocycles. The van der Waals surface area contributed by atoms with Crippen LogP contribution in [0.4, 0.5) is 0 Å². The Balaban J connectivity index is 5.16. The van der Waals surface area contributed by atoms with Crippen LogP contribution in [0.1, 0.15) is 34.6 Å². The Morgan fingerprint density at radius 2 is 1.95 bits per heavy atom. The van der Waals surface area contributed by atoms with Gasteiger partial charge in [0.05, 0.1) is 18.3 Å². The Bertz CT molecular complexity index is 408. The first-order chi connectivity index (χ1) is 9.19. The number of carbonyl (C=O) groups is 1. The van der Waals surface area contributed by atoms with Crippen molar-refractivity contribution in [1.29, 1.82) is 0 Å². The van der Waals surface area contributed by atoms with Crippen LogP contribution in [0.25, 0.3) is 0 Å². The lowest BCUT2D eigenvalue weighted by Crippen LogP contribution is -2.39. The van der Waals surface area contributed by atoms with Gasteiger partial charge in [-0.25, -0.2) is 4.79 Å². The van der Waals surface area contributed by atoms with Crippen LogP contribution in [-0.2, 0) is 14.2 Å². The van der Waals surface area contributed by atoms with E-state index in [0.717, 1.165) is 0 Å². The second-order valence-electron chi connectivity index (χ2n) is 5.31. The third-order valence-electron chi connectivity index (χ3n) is 3.39. The van der Waals surface area contributed by atoms with Gasteiger partial charge in [0.15, 0.2) is 0 Å². The molecule has 0 amide bonds. The van der Waals surface area contributed by atoms with Gasteiger partial charge >= 0.3 is 13.1 Å². The molecular weight excluding hydrogens is 255 g/mol. The molecule has 0 aliphatic carbocycles. The Kier molecular flexibility index (Phi) is 7.54. The van der Waals surface area contributed by atoms with E-state index >= 15 is 0 Å². The van der Waals surface area contributed by atoms with Crippen LogP contribution in [-0.4, -0.2) is 30.8 Å². The molecule has 0 heterocycles. The smallest absolute Gasteiger partial charge is 0.465 e. The topological polar surface area (TPSA) is 55.8 Å². The molecule has 0 saturated heterocycles. The Morgan fingerprint density at radius 1 is 1.40 bits per heavy atom. The van der Waals surface area contributed by atoms with Crippen LogP contribution in [0.15, 0.2) is 35.9 Å². The molecule has 0 unspecified atom stereocenters. The van der Waals surface area contributed by atoms with Gasteiger partial charge in [0.2, 0.25) is 0 Å². The summed E-state index contributed by atoms with van der Waals surface area (Å²) < 4.78 is 10.3. The molecule has 4 nitrogen and oxygen atoms in total. The number of methoxy groups -OCH3 is 1. The Hall–Kier alpha value is -1.33. The van der Waals surface area contributed by atoms with Gasteiger partial charge in [0.1, 0.15) is 0 Å². The molecule has 0 aromatic heterocycles. The fraction of sp³-hybridized carbons (Fsp3) is 0.533. The van der Waals surface area contributed by atoms with E-state index in [1.807, 2.05) is 27.7 Å². The fourth-order valence-electron chi connectivity index (χ4n) is 1.29. The molecule has 0 rings (SSSR count). The summed E-state index contributed by atoms with van der Waals surface area (Å²) in [5.74, 6) is -0.270. The number of ether oxygens (including phenoxy) is 1. The average molecular weight is 280 g/mol. The molecule has 112 valence electrons. The molecule has 0 aromatic rings. The van der Waals surface area contributed by atoms with E-state index in [1.165, 1.54) is 19.3 Å². The number of allylic oxidation sites excluding steroid dienone is 3. The number of hydrogen-bond acceptors (Lipinski definition) is 4. The maximum absolute atomic E-state index is 11.5. The Labute approximate surface area is 122 Å². The van der Waals surface area contributed by atoms with Gasteiger partial charge in [-0.15, -0.1) is 0 Å². The minimum Gasteiger partial charge on any atom is -0.465 e. The summed E-state index contributed by atoms with van der Waals surface area (Å²) in [6.45, 7) is 13.2. The lowest BCUT2D eigenvalue weighted by molar-refractivity contribution is -0.135. The maximum Gasteiger partial charge on any atom is 0.491 e. The summed E-state index contributed by atoms with van der Waals surface area (Å²) in [6, 6.07) is 0. The van der Waals surface area contributed by atoms with E-state index < -0.39 is 18.7 Å². The monoisotopic (exact) mass is 280 g/mol. The van der Waals surface area contributed by atoms with Crippen molar-refractivity contribution in [1.82, 2.24) is 0 Å². The SMILES string of the molecule is C=CC(=CC(=CC)B(O)OC(C)(C)C(C)C)C(=O)OC. The minimum absolute atomic E-state index is 0.235. The van der Waals surface area contributed by atoms with E-state index in [-0.39, 0.29) is 11.5 Å². The molecular formula is C15H25BO4. The first-order valence-corrected chi connectivity index (χ1v) is 6.64. The molecule has 20 heavy (non-hydrogen) atoms. The second-order valence-corrected chi connectivity index (χ2v) is 5.31. The van der Waals surface area contributed by atoms with E-state index in [4.69, 9.17) is 4.65 Å². The highest BCUT2D eigenvalue weighted by atomic mass is 16.5. The largest absolute Gasteiger partial charge is 0.491 e. The molecule has 0 radical (unpaired) electrons. The molecule has 0 fully saturated rings. The zero-order chi connectivity index (χ0) is 15.9. The Morgan fingerprint density at radius 3 is 2.30 bits per heavy atom. The van der Waals surface area contributed by atoms with Gasteiger partial charge in [-0.05, 0) is 38.2 Å². The predicted molar refractivity (Wildman–Crippen MR) is 82.0 cm³/mol. The van der Waals surface area contributed by atoms with Gasteiger partial charge < -0.3 is 14.4 Å². The highest BCUT2D eigenvalue weighted by Gasteiger charge is 2.30. The highest BCUT2D eigenvalue weighted by Crippen LogP contribution is 2.23. The van der Waals surface area contributed by atoms with Crippen molar-refractivity contribution >= 4 is 13.1 Å². The minimum atomic E-state index is -1.11. The maximum atomic E-state index is 11.5. The van der Waals surface area contributed by atoms with Crippen molar-refractivity contribution in [3.05, 3.63) is 35.9 Å². The quantitative estimate of drug-likeness (QED) is 0.337. The van der Waals surface area contributed by atoms with Crippen LogP contribution in [0.3, 0.4) is 0 Å². The average Bonchev–Trinajstić information content (AvgIpc) is 2.38. The zero-order valence-electron chi connectivity index (χ0n) is 13.3. The van der Waals surface area contributed by atoms with Crippen LogP contribution in [0.2, 0.25) is 0 Å². The normalized spacial score (nSPS) is 13.4. The van der Waals surface area contributed by atoms with Crippen molar-refractivity contribution in [3.8, 4) is 0 Å². The number of rotatable bonds is 7. The van der Waals surface area contributed by atoms with Crippen molar-refractivity contribution in [3.63, 3.8) is 0 Å². The van der Waals surface area contributed by atoms with Crippen LogP contribution in [0.5, 0.6) is 0 Å². The lowest BCUT2D eigenvalue weighted by atomic mass is 9.75. The van der Waals surface area contributed by atoms with E-state index in [0.29, 0.717) is 5.47 Å². The first kappa shape index (κ1) is 18.7. The van der Waals surface area contributed by atoms with E-state index in [2.05, 4.69) is 11.3 Å². The van der Waals surface area contributed by atoms with Crippen molar-refractivity contribution in [2.24, 2.45) is 5.92 Å². The number of hydrogen-bond donors (Lipinski definition) is 1. The molecule has 0 saturated carbocycles. The van der Waals surface area contributed by atoms with Gasteiger partial charge in [0.25, 0.3) is 0 Å². The summed E-state index contributed by atoms with van der Waals surface area (Å²) in [5.41, 5.74) is 0.269. The van der Waals surface area contributed by atoms with Crippen LogP contribution in [0, 0.1) is 5.92 Å². The summed E-state index contributed by atoms with van der Waals surface area (Å²) >= 11 is 0. The molecule has 0 bridgehead atoms. The third-order valence-corrected chi connectivity index (χ3v) is 3.39. The fourth-order valence-corrected chi connectivity index (χ4v) is 1.29. The summed E-state index contributed by atoms with van der Waals surface area (Å²) in [7, 11) is 0.182. The molecule has 0 atom stereocenters. The van der Waals surface area contributed by atoms with Gasteiger partial charge in [-0.3, -0.25) is 0 Å². The van der Waals surface area contributed by atoms with Gasteiger partial charge in [0, 0.05) is 0 Å². The standard InChI is InChI=1S/C15H25BO4/c1-8-12(14(17)19-7)10-13(9-2)16(18)20-15(5,6)11(3)4/h8-11,18H,1H2,2-7H3. The van der Waals surface area contributed by atoms with E-state index in [9.17, 15) is 9.82 Å². The second kappa shape index (κ2) is 8.07. The number of carbonyl (C=O) groups excluding carboxylic acids is 1. The summed E-state index contributed by atoms with van der Waals surface area (Å²) in [4.78, 5) is 11.5. The lowest BCUT2D eigenvalue weighted by Gasteiger charge is -2.31. The third kappa shape index (κ3) is 5.35. The summed E-state index contributed by atoms with van der Waals surface area (Å²) in [5, 5.41) is 10.2. The summed E-state index contributed by atoms with van der Waals surface area (Å²) in [6.07, 6.45) is 4.59. The molecule has 5 heteroatoms. The van der Waals surface area contributed by atoms with Crippen LogP contribution < -0.4 is 0 Å². The van der Waals surface area contributed by atoms with Crippen molar-refractivity contribution in [2.45, 2.75) is 40.2 Å². The van der Waals surface area contributed by atoms with Gasteiger partial charge in [-0.2, -0.15) is 0 Å². The van der Waals surface area contributed by atoms with Crippen LogP contribution >= 0.6 is 0 Å². The van der Waals surface area contributed by atoms with Crippen molar-refractivity contribution in [2.75, 3.05) is 7.11 Å². The zero-order valence-corrected chi connectivity index (χ0v) is 13.3. The first-order valence-electron chi connectivity index (χ1n) is 6.64. The van der Waals surface area contributed by atoms with Gasteiger partial charge in [-0.1, -0.05) is 32.6 Å². The molecule has 0 aromatic carbocycles. The predicted octanol–water partition coefficient (Wildman–Crippen LogP) is 2.69. The van der Waals surface area contributed by atoms with E-state index in [1.54, 1.807) is 13.0 Å². The number of esters is 1. The molecule has 1 N–H and O–H groups in total. The highest BCUT2D eigenvalue weighted by molar-refractivity contribution is 6.53. The van der Waals surface area contributed by atoms with Crippen molar-refractivity contribution < 1.29 is 19.2 Å². The molecule has 0 aliphatic rings. The molecule has 0 spiro atoms.